The van der Waals surface area contributed by atoms with E-state index in [1.807, 2.05) is 12.1 Å². The van der Waals surface area contributed by atoms with E-state index in [9.17, 15) is 4.79 Å². The van der Waals surface area contributed by atoms with Gasteiger partial charge in [-0.1, -0.05) is 42.5 Å². The molecule has 2 aliphatic rings. The summed E-state index contributed by atoms with van der Waals surface area (Å²) in [5.41, 5.74) is 3.32. The number of hydrogen-bond acceptors (Lipinski definition) is 4. The fraction of sp³-hybridized carbons (Fsp3) is 0.409. The zero-order valence-electron chi connectivity index (χ0n) is 15.3. The van der Waals surface area contributed by atoms with Crippen molar-refractivity contribution in [2.75, 3.05) is 20.2 Å². The average molecular weight is 350 g/mol. The van der Waals surface area contributed by atoms with E-state index < -0.39 is 0 Å². The second-order valence-electron chi connectivity index (χ2n) is 7.43. The van der Waals surface area contributed by atoms with E-state index in [1.54, 1.807) is 0 Å². The van der Waals surface area contributed by atoms with Crippen molar-refractivity contribution in [2.24, 2.45) is 0 Å². The van der Waals surface area contributed by atoms with Gasteiger partial charge in [-0.3, -0.25) is 4.90 Å². The summed E-state index contributed by atoms with van der Waals surface area (Å²) < 4.78 is 4.81. The molecule has 2 atom stereocenters. The molecule has 2 unspecified atom stereocenters. The third-order valence-electron chi connectivity index (χ3n) is 5.95. The molecule has 4 rings (SSSR count). The topological polar surface area (TPSA) is 41.6 Å². The van der Waals surface area contributed by atoms with E-state index in [2.05, 4.69) is 52.7 Å². The zero-order valence-corrected chi connectivity index (χ0v) is 15.3. The van der Waals surface area contributed by atoms with Gasteiger partial charge in [0.1, 0.15) is 0 Å². The molecule has 26 heavy (non-hydrogen) atoms. The van der Waals surface area contributed by atoms with E-state index in [-0.39, 0.29) is 11.5 Å². The van der Waals surface area contributed by atoms with Crippen LogP contribution in [0.2, 0.25) is 0 Å². The van der Waals surface area contributed by atoms with Gasteiger partial charge in [0.05, 0.1) is 12.7 Å². The van der Waals surface area contributed by atoms with Crippen molar-refractivity contribution in [3.8, 4) is 0 Å². The van der Waals surface area contributed by atoms with Crippen LogP contribution in [0.5, 0.6) is 0 Å². The van der Waals surface area contributed by atoms with Gasteiger partial charge in [0, 0.05) is 24.7 Å². The molecule has 2 aromatic rings. The maximum Gasteiger partial charge on any atom is 0.337 e. The van der Waals surface area contributed by atoms with Crippen LogP contribution in [0.25, 0.3) is 0 Å². The van der Waals surface area contributed by atoms with Crippen LogP contribution in [-0.2, 0) is 16.8 Å². The number of nitrogens with one attached hydrogen (secondary N) is 1. The van der Waals surface area contributed by atoms with Crippen LogP contribution in [0.15, 0.2) is 54.6 Å². The van der Waals surface area contributed by atoms with E-state index >= 15 is 0 Å². The lowest BCUT2D eigenvalue weighted by molar-refractivity contribution is 0.0353. The lowest BCUT2D eigenvalue weighted by Crippen LogP contribution is -2.59. The standard InChI is InChI=1S/C22H26N2O2/c1-26-21(25)18-7-9-19(10-8-18)22-12-14-24(20(15-22)11-13-23-22)16-17-5-3-2-4-6-17/h2-10,20,23H,11-16H2,1H3. The zero-order chi connectivity index (χ0) is 18.0. The van der Waals surface area contributed by atoms with Crippen LogP contribution in [0.4, 0.5) is 0 Å². The number of fused-ring (bicyclic) bond motifs is 2. The maximum atomic E-state index is 11.7. The molecule has 2 heterocycles. The molecule has 2 saturated heterocycles. The van der Waals surface area contributed by atoms with Crippen molar-refractivity contribution in [3.63, 3.8) is 0 Å². The third kappa shape index (κ3) is 3.27. The molecule has 2 fully saturated rings. The number of carbonyl (C=O) groups excluding carboxylic acids is 1. The fourth-order valence-corrected chi connectivity index (χ4v) is 4.51. The Morgan fingerprint density at radius 1 is 1.19 bits per heavy atom. The van der Waals surface area contributed by atoms with Crippen molar-refractivity contribution in [2.45, 2.75) is 37.4 Å². The van der Waals surface area contributed by atoms with Crippen LogP contribution >= 0.6 is 0 Å². The molecule has 0 aliphatic carbocycles. The lowest BCUT2D eigenvalue weighted by Gasteiger charge is -2.51. The Balaban J connectivity index is 1.51. The van der Waals surface area contributed by atoms with Crippen molar-refractivity contribution >= 4 is 5.97 Å². The van der Waals surface area contributed by atoms with Crippen LogP contribution in [0.1, 0.15) is 40.7 Å². The highest BCUT2D eigenvalue weighted by Gasteiger charge is 2.43. The van der Waals surface area contributed by atoms with E-state index in [1.165, 1.54) is 24.7 Å². The summed E-state index contributed by atoms with van der Waals surface area (Å²) in [5.74, 6) is -0.277. The lowest BCUT2D eigenvalue weighted by atomic mass is 9.74. The normalized spacial score (nSPS) is 25.7. The Hall–Kier alpha value is -2.17. The summed E-state index contributed by atoms with van der Waals surface area (Å²) in [6.07, 6.45) is 3.40. The summed E-state index contributed by atoms with van der Waals surface area (Å²) in [5, 5.41) is 3.78. The summed E-state index contributed by atoms with van der Waals surface area (Å²) in [6.45, 7) is 3.16. The molecule has 0 spiro atoms. The molecule has 4 nitrogen and oxygen atoms in total. The van der Waals surface area contributed by atoms with Crippen LogP contribution in [0, 0.1) is 0 Å². The number of likely N-dealkylation sites (tertiary alicyclic amines) is 1. The largest absolute Gasteiger partial charge is 0.465 e. The minimum atomic E-state index is -0.277. The van der Waals surface area contributed by atoms with Gasteiger partial charge < -0.3 is 10.1 Å². The smallest absolute Gasteiger partial charge is 0.337 e. The van der Waals surface area contributed by atoms with Gasteiger partial charge in [0.25, 0.3) is 0 Å². The first-order valence-corrected chi connectivity index (χ1v) is 9.42. The molecular formula is C22H26N2O2. The number of piperidine rings is 2. The van der Waals surface area contributed by atoms with Gasteiger partial charge in [-0.05, 0) is 49.1 Å². The van der Waals surface area contributed by atoms with E-state index in [4.69, 9.17) is 4.74 Å². The summed E-state index contributed by atoms with van der Waals surface area (Å²) in [7, 11) is 1.42. The molecule has 0 saturated carbocycles. The molecule has 4 heteroatoms. The monoisotopic (exact) mass is 350 g/mol. The highest BCUT2D eigenvalue weighted by Crippen LogP contribution is 2.40. The highest BCUT2D eigenvalue weighted by atomic mass is 16.5. The molecule has 0 aromatic heterocycles. The predicted octanol–water partition coefficient (Wildman–Crippen LogP) is 3.33. The molecule has 0 radical (unpaired) electrons. The van der Waals surface area contributed by atoms with E-state index in [0.717, 1.165) is 32.5 Å². The molecule has 136 valence electrons. The Labute approximate surface area is 155 Å². The number of benzene rings is 2. The highest BCUT2D eigenvalue weighted by molar-refractivity contribution is 5.89. The number of ether oxygens (including phenoxy) is 1. The van der Waals surface area contributed by atoms with Crippen molar-refractivity contribution in [1.29, 1.82) is 0 Å². The van der Waals surface area contributed by atoms with Gasteiger partial charge in [-0.15, -0.1) is 0 Å². The van der Waals surface area contributed by atoms with Crippen LogP contribution in [0.3, 0.4) is 0 Å². The van der Waals surface area contributed by atoms with Crippen molar-refractivity contribution < 1.29 is 9.53 Å². The minimum absolute atomic E-state index is 0.0325. The Morgan fingerprint density at radius 3 is 2.69 bits per heavy atom. The van der Waals surface area contributed by atoms with Crippen molar-refractivity contribution in [1.82, 2.24) is 10.2 Å². The molecule has 2 bridgehead atoms. The number of hydrogen-bond donors (Lipinski definition) is 1. The first kappa shape index (κ1) is 17.3. The molecule has 2 aliphatic heterocycles. The number of esters is 1. The second kappa shape index (κ2) is 7.22. The first-order valence-electron chi connectivity index (χ1n) is 9.42. The molecular weight excluding hydrogens is 324 g/mol. The SMILES string of the molecule is COC(=O)c1ccc(C23CCN(Cc4ccccc4)C(CCN2)C3)cc1. The predicted molar refractivity (Wildman–Crippen MR) is 102 cm³/mol. The number of methoxy groups -OCH3 is 1. The Morgan fingerprint density at radius 2 is 1.96 bits per heavy atom. The Bertz CT molecular complexity index is 759. The van der Waals surface area contributed by atoms with Gasteiger partial charge in [0.15, 0.2) is 0 Å². The summed E-state index contributed by atoms with van der Waals surface area (Å²) in [4.78, 5) is 14.3. The maximum absolute atomic E-state index is 11.7. The van der Waals surface area contributed by atoms with Gasteiger partial charge in [-0.25, -0.2) is 4.79 Å². The first-order chi connectivity index (χ1) is 12.7. The second-order valence-corrected chi connectivity index (χ2v) is 7.43. The quantitative estimate of drug-likeness (QED) is 0.859. The molecule has 1 N–H and O–H groups in total. The third-order valence-corrected chi connectivity index (χ3v) is 5.95. The number of carbonyl (C=O) groups is 1. The van der Waals surface area contributed by atoms with Crippen LogP contribution < -0.4 is 5.32 Å². The van der Waals surface area contributed by atoms with Gasteiger partial charge in [0.2, 0.25) is 0 Å². The molecule has 0 amide bonds. The fourth-order valence-electron chi connectivity index (χ4n) is 4.51. The minimum Gasteiger partial charge on any atom is -0.465 e. The molecule has 2 aromatic carbocycles. The van der Waals surface area contributed by atoms with Gasteiger partial charge >= 0.3 is 5.97 Å². The number of rotatable bonds is 4. The van der Waals surface area contributed by atoms with E-state index in [0.29, 0.717) is 11.6 Å². The van der Waals surface area contributed by atoms with Crippen molar-refractivity contribution in [3.05, 3.63) is 71.3 Å². The van der Waals surface area contributed by atoms with Crippen LogP contribution in [-0.4, -0.2) is 37.1 Å². The van der Waals surface area contributed by atoms with Gasteiger partial charge in [-0.2, -0.15) is 0 Å². The Kier molecular flexibility index (Phi) is 4.79. The summed E-state index contributed by atoms with van der Waals surface area (Å²) >= 11 is 0. The number of nitrogens with zero attached hydrogens (tertiary/aromatic N) is 1. The average Bonchev–Trinajstić information content (AvgIpc) is 2.71. The summed E-state index contributed by atoms with van der Waals surface area (Å²) in [6, 6.07) is 19.3.